The van der Waals surface area contributed by atoms with Crippen molar-refractivity contribution in [3.8, 4) is 0 Å². The summed E-state index contributed by atoms with van der Waals surface area (Å²) in [6, 6.07) is 0. The van der Waals surface area contributed by atoms with Gasteiger partial charge in [0.15, 0.2) is 12.6 Å². The van der Waals surface area contributed by atoms with Crippen LogP contribution in [0.3, 0.4) is 0 Å². The maximum absolute atomic E-state index is 6.45. The fourth-order valence-electron chi connectivity index (χ4n) is 5.45. The molecule has 8 atom stereocenters. The van der Waals surface area contributed by atoms with Gasteiger partial charge in [-0.1, -0.05) is 24.3 Å². The first-order valence-corrected chi connectivity index (χ1v) is 9.56. The van der Waals surface area contributed by atoms with Gasteiger partial charge in [-0.15, -0.1) is 0 Å². The van der Waals surface area contributed by atoms with Crippen molar-refractivity contribution in [2.24, 2.45) is 11.8 Å². The molecule has 5 rings (SSSR count). The van der Waals surface area contributed by atoms with Crippen molar-refractivity contribution in [1.29, 1.82) is 0 Å². The number of hydrogen-bond acceptors (Lipinski definition) is 4. The molecule has 0 radical (unpaired) electrons. The maximum Gasteiger partial charge on any atom is 0.158 e. The fourth-order valence-corrected chi connectivity index (χ4v) is 5.45. The third-order valence-corrected chi connectivity index (χ3v) is 6.84. The van der Waals surface area contributed by atoms with Crippen LogP contribution in [-0.4, -0.2) is 36.0 Å². The summed E-state index contributed by atoms with van der Waals surface area (Å²) in [5.74, 6) is 0.581. The smallest absolute Gasteiger partial charge is 0.158 e. The molecule has 24 heavy (non-hydrogen) atoms. The second-order valence-electron chi connectivity index (χ2n) is 8.53. The summed E-state index contributed by atoms with van der Waals surface area (Å²) in [5.41, 5.74) is -0.379. The predicted octanol–water partition coefficient (Wildman–Crippen LogP) is 3.71. The molecular weight excluding hydrogens is 304 g/mol. The summed E-state index contributed by atoms with van der Waals surface area (Å²) in [7, 11) is 0. The molecule has 4 nitrogen and oxygen atoms in total. The second-order valence-corrected chi connectivity index (χ2v) is 8.53. The highest BCUT2D eigenvalue weighted by Crippen LogP contribution is 2.48. The fraction of sp³-hybridized carbons (Fsp3) is 0.800. The molecule has 0 N–H and O–H groups in total. The quantitative estimate of drug-likeness (QED) is 0.634. The summed E-state index contributed by atoms with van der Waals surface area (Å²) < 4.78 is 25.8. The average Bonchev–Trinajstić information content (AvgIpc) is 3.28. The first-order chi connectivity index (χ1) is 11.6. The minimum Gasteiger partial charge on any atom is -0.348 e. The molecule has 3 heterocycles. The highest BCUT2D eigenvalue weighted by atomic mass is 16.7. The van der Waals surface area contributed by atoms with Crippen molar-refractivity contribution in [2.75, 3.05) is 0 Å². The van der Waals surface area contributed by atoms with Crippen LogP contribution in [0, 0.1) is 11.8 Å². The van der Waals surface area contributed by atoms with Gasteiger partial charge in [-0.3, -0.25) is 0 Å². The molecule has 4 heteroatoms. The van der Waals surface area contributed by atoms with Crippen molar-refractivity contribution < 1.29 is 18.9 Å². The summed E-state index contributed by atoms with van der Waals surface area (Å²) in [6.07, 6.45) is 15.1. The first-order valence-electron chi connectivity index (χ1n) is 9.56. The van der Waals surface area contributed by atoms with E-state index < -0.39 is 0 Å². The molecule has 3 aliphatic heterocycles. The Labute approximate surface area is 144 Å². The normalized spacial score (nSPS) is 55.9. The molecule has 0 saturated carbocycles. The summed E-state index contributed by atoms with van der Waals surface area (Å²) in [5, 5.41) is 0. The monoisotopic (exact) mass is 332 g/mol. The standard InChI is InChI=1S/C20H28O4/c1-19-11-9-17(23-19)22-16-8-4-6-14(16)20(2)12-10-18(24-20)21-15-7-3-5-13(15)19/h3-6,13-18H,7-12H2,1-2H3/t13-,14-,15-,16-,17-,18-,19+,20+/m1/s1. The van der Waals surface area contributed by atoms with Crippen LogP contribution in [0.25, 0.3) is 0 Å². The van der Waals surface area contributed by atoms with E-state index in [1.54, 1.807) is 0 Å². The van der Waals surface area contributed by atoms with E-state index in [9.17, 15) is 0 Å². The summed E-state index contributed by atoms with van der Waals surface area (Å²) in [6.45, 7) is 4.45. The van der Waals surface area contributed by atoms with Crippen molar-refractivity contribution in [3.05, 3.63) is 24.3 Å². The van der Waals surface area contributed by atoms with E-state index in [1.807, 2.05) is 0 Å². The van der Waals surface area contributed by atoms with Crippen LogP contribution in [0.1, 0.15) is 52.4 Å². The van der Waals surface area contributed by atoms with Gasteiger partial charge in [0.25, 0.3) is 0 Å². The Morgan fingerprint density at radius 2 is 1.21 bits per heavy atom. The van der Waals surface area contributed by atoms with Crippen molar-refractivity contribution in [2.45, 2.75) is 88.4 Å². The Morgan fingerprint density at radius 3 is 1.67 bits per heavy atom. The molecule has 5 aliphatic rings. The van der Waals surface area contributed by atoms with Gasteiger partial charge in [-0.2, -0.15) is 0 Å². The highest BCUT2D eigenvalue weighted by Gasteiger charge is 2.52. The van der Waals surface area contributed by atoms with Gasteiger partial charge in [0.2, 0.25) is 0 Å². The maximum atomic E-state index is 6.45. The van der Waals surface area contributed by atoms with Gasteiger partial charge >= 0.3 is 0 Å². The third kappa shape index (κ3) is 2.34. The van der Waals surface area contributed by atoms with Crippen LogP contribution in [0.5, 0.6) is 0 Å². The molecule has 4 bridgehead atoms. The Balaban J connectivity index is 1.47. The number of hydrogen-bond donors (Lipinski definition) is 0. The zero-order valence-corrected chi connectivity index (χ0v) is 14.6. The van der Waals surface area contributed by atoms with Gasteiger partial charge in [0.1, 0.15) is 0 Å². The molecule has 0 unspecified atom stereocenters. The van der Waals surface area contributed by atoms with E-state index in [0.29, 0.717) is 11.8 Å². The topological polar surface area (TPSA) is 36.9 Å². The van der Waals surface area contributed by atoms with Gasteiger partial charge in [-0.25, -0.2) is 0 Å². The van der Waals surface area contributed by atoms with E-state index in [4.69, 9.17) is 18.9 Å². The van der Waals surface area contributed by atoms with Gasteiger partial charge < -0.3 is 18.9 Å². The molecule has 132 valence electrons. The predicted molar refractivity (Wildman–Crippen MR) is 89.3 cm³/mol. The van der Waals surface area contributed by atoms with Gasteiger partial charge in [0, 0.05) is 24.7 Å². The average molecular weight is 332 g/mol. The second kappa shape index (κ2) is 5.41. The molecule has 3 fully saturated rings. The van der Waals surface area contributed by atoms with Crippen LogP contribution < -0.4 is 0 Å². The Hall–Kier alpha value is -0.680. The van der Waals surface area contributed by atoms with Crippen molar-refractivity contribution in [1.82, 2.24) is 0 Å². The largest absolute Gasteiger partial charge is 0.348 e. The van der Waals surface area contributed by atoms with Crippen LogP contribution in [0.4, 0.5) is 0 Å². The minimum atomic E-state index is -0.190. The zero-order valence-electron chi connectivity index (χ0n) is 14.6. The number of ether oxygens (including phenoxy) is 4. The molecule has 2 aliphatic carbocycles. The van der Waals surface area contributed by atoms with E-state index in [2.05, 4.69) is 38.2 Å². The summed E-state index contributed by atoms with van der Waals surface area (Å²) >= 11 is 0. The van der Waals surface area contributed by atoms with Gasteiger partial charge in [0.05, 0.1) is 23.4 Å². The van der Waals surface area contributed by atoms with E-state index in [0.717, 1.165) is 38.5 Å². The molecule has 3 saturated heterocycles. The molecule has 0 aromatic carbocycles. The van der Waals surface area contributed by atoms with Crippen LogP contribution in [-0.2, 0) is 18.9 Å². The zero-order chi connectivity index (χ0) is 16.4. The molecule has 0 amide bonds. The first kappa shape index (κ1) is 15.6. The summed E-state index contributed by atoms with van der Waals surface area (Å²) in [4.78, 5) is 0. The van der Waals surface area contributed by atoms with E-state index >= 15 is 0 Å². The van der Waals surface area contributed by atoms with Gasteiger partial charge in [-0.05, 0) is 39.5 Å². The van der Waals surface area contributed by atoms with E-state index in [-0.39, 0.29) is 36.0 Å². The Kier molecular flexibility index (Phi) is 3.51. The van der Waals surface area contributed by atoms with Crippen LogP contribution >= 0.6 is 0 Å². The molecule has 0 aromatic heterocycles. The SMILES string of the molecule is C[C@]12CC[C@H](O[C@@H]3CC=C[C@H]3[C@]3(C)CC[C@H](O[C@@H]4CC=C[C@H]41)O3)O2. The molecule has 0 spiro atoms. The molecule has 0 aromatic rings. The third-order valence-electron chi connectivity index (χ3n) is 6.84. The lowest BCUT2D eigenvalue weighted by molar-refractivity contribution is -0.254. The minimum absolute atomic E-state index is 0.0997. The highest BCUT2D eigenvalue weighted by molar-refractivity contribution is 5.13. The van der Waals surface area contributed by atoms with Crippen molar-refractivity contribution in [3.63, 3.8) is 0 Å². The molecular formula is C20H28O4. The Bertz CT molecular complexity index is 522. The lowest BCUT2D eigenvalue weighted by Crippen LogP contribution is -2.45. The number of fused-ring (bicyclic) bond motifs is 8. The van der Waals surface area contributed by atoms with Crippen molar-refractivity contribution >= 4 is 0 Å². The van der Waals surface area contributed by atoms with Crippen LogP contribution in [0.2, 0.25) is 0 Å². The van der Waals surface area contributed by atoms with E-state index in [1.165, 1.54) is 0 Å². The lowest BCUT2D eigenvalue weighted by Gasteiger charge is -2.39. The lowest BCUT2D eigenvalue weighted by atomic mass is 9.84. The van der Waals surface area contributed by atoms with Crippen LogP contribution in [0.15, 0.2) is 24.3 Å². The number of rotatable bonds is 0. The Morgan fingerprint density at radius 1 is 0.750 bits per heavy atom.